The van der Waals surface area contributed by atoms with Crippen LogP contribution in [0.15, 0.2) is 65.6 Å². The highest BCUT2D eigenvalue weighted by Gasteiger charge is 2.20. The van der Waals surface area contributed by atoms with Gasteiger partial charge in [-0.1, -0.05) is 36.4 Å². The Morgan fingerprint density at radius 3 is 2.54 bits per heavy atom. The molecule has 0 aliphatic heterocycles. The maximum absolute atomic E-state index is 12.4. The Bertz CT molecular complexity index is 1070. The number of nitrogens with zero attached hydrogens (tertiary/aromatic N) is 1. The summed E-state index contributed by atoms with van der Waals surface area (Å²) in [6.45, 7) is 1.99. The Morgan fingerprint density at radius 1 is 1.07 bits per heavy atom. The van der Waals surface area contributed by atoms with E-state index in [1.807, 2.05) is 31.2 Å². The zero-order chi connectivity index (χ0) is 20.1. The van der Waals surface area contributed by atoms with Gasteiger partial charge in [-0.3, -0.25) is 14.4 Å². The minimum Gasteiger partial charge on any atom is -0.481 e. The minimum absolute atomic E-state index is 0.0114. The number of hydrogen-bond donors (Lipinski definition) is 2. The van der Waals surface area contributed by atoms with E-state index in [2.05, 4.69) is 5.32 Å². The molecule has 6 nitrogen and oxygen atoms in total. The second-order valence-corrected chi connectivity index (χ2v) is 6.79. The summed E-state index contributed by atoms with van der Waals surface area (Å²) in [6.07, 6.45) is 1.93. The highest BCUT2D eigenvalue weighted by molar-refractivity contribution is 5.82. The smallest absolute Gasteiger partial charge is 0.308 e. The number of aryl methyl sites for hydroxylation is 1. The summed E-state index contributed by atoms with van der Waals surface area (Å²) in [4.78, 5) is 35.9. The lowest BCUT2D eigenvalue weighted by Gasteiger charge is -2.16. The third-order valence-corrected chi connectivity index (χ3v) is 4.82. The van der Waals surface area contributed by atoms with E-state index in [0.29, 0.717) is 17.3 Å². The quantitative estimate of drug-likeness (QED) is 0.661. The van der Waals surface area contributed by atoms with Crippen molar-refractivity contribution in [2.75, 3.05) is 6.54 Å². The van der Waals surface area contributed by atoms with E-state index in [4.69, 9.17) is 0 Å². The van der Waals surface area contributed by atoms with E-state index in [0.717, 1.165) is 11.1 Å². The molecule has 3 rings (SSSR count). The molecule has 0 aliphatic rings. The van der Waals surface area contributed by atoms with Gasteiger partial charge in [0.05, 0.1) is 11.4 Å². The summed E-state index contributed by atoms with van der Waals surface area (Å²) in [5.41, 5.74) is 2.55. The predicted octanol–water partition coefficient (Wildman–Crippen LogP) is 2.37. The molecule has 1 heterocycles. The molecule has 0 aliphatic carbocycles. The standard InChI is InChI=1S/C22H22N2O4/c1-15-6-2-3-7-16(15)12-17(22(27)28)13-23-21(26)14-24-11-10-20(25)18-8-4-5-9-19(18)24/h2-11,17H,12-14H2,1H3,(H,23,26)(H,27,28). The van der Waals surface area contributed by atoms with Gasteiger partial charge in [0, 0.05) is 24.2 Å². The molecule has 1 aromatic heterocycles. The number of benzene rings is 2. The first kappa shape index (κ1) is 19.4. The second kappa shape index (κ2) is 8.52. The summed E-state index contributed by atoms with van der Waals surface area (Å²) >= 11 is 0. The van der Waals surface area contributed by atoms with E-state index >= 15 is 0 Å². The third kappa shape index (κ3) is 4.46. The molecule has 6 heteroatoms. The second-order valence-electron chi connectivity index (χ2n) is 6.79. The Morgan fingerprint density at radius 2 is 1.79 bits per heavy atom. The van der Waals surface area contributed by atoms with Crippen molar-refractivity contribution in [1.82, 2.24) is 9.88 Å². The molecule has 0 bridgehead atoms. The van der Waals surface area contributed by atoms with Crippen molar-refractivity contribution in [3.63, 3.8) is 0 Å². The summed E-state index contributed by atoms with van der Waals surface area (Å²) in [6, 6.07) is 16.1. The number of carboxylic acids is 1. The number of pyridine rings is 1. The van der Waals surface area contributed by atoms with Crippen molar-refractivity contribution in [3.05, 3.63) is 82.1 Å². The zero-order valence-electron chi connectivity index (χ0n) is 15.6. The number of carbonyl (C=O) groups is 2. The van der Waals surface area contributed by atoms with Crippen LogP contribution in [0.5, 0.6) is 0 Å². The molecule has 2 N–H and O–H groups in total. The summed E-state index contributed by atoms with van der Waals surface area (Å²) in [5.74, 6) is -1.96. The van der Waals surface area contributed by atoms with Gasteiger partial charge in [0.2, 0.25) is 5.91 Å². The van der Waals surface area contributed by atoms with Crippen molar-refractivity contribution in [2.45, 2.75) is 19.9 Å². The lowest BCUT2D eigenvalue weighted by molar-refractivity contribution is -0.141. The highest BCUT2D eigenvalue weighted by atomic mass is 16.4. The summed E-state index contributed by atoms with van der Waals surface area (Å²) in [7, 11) is 0. The van der Waals surface area contributed by atoms with Crippen molar-refractivity contribution in [1.29, 1.82) is 0 Å². The topological polar surface area (TPSA) is 88.4 Å². The lowest BCUT2D eigenvalue weighted by atomic mass is 9.96. The minimum atomic E-state index is -0.947. The van der Waals surface area contributed by atoms with Crippen LogP contribution in [0.2, 0.25) is 0 Å². The van der Waals surface area contributed by atoms with Gasteiger partial charge in [-0.15, -0.1) is 0 Å². The van der Waals surface area contributed by atoms with E-state index in [1.165, 1.54) is 6.07 Å². The largest absolute Gasteiger partial charge is 0.481 e. The number of aliphatic carboxylic acids is 1. The number of carboxylic acid groups (broad SMARTS) is 1. The van der Waals surface area contributed by atoms with Crippen LogP contribution in [0.4, 0.5) is 0 Å². The van der Waals surface area contributed by atoms with Crippen LogP contribution in [0.25, 0.3) is 10.9 Å². The summed E-state index contributed by atoms with van der Waals surface area (Å²) < 4.78 is 1.68. The number of amides is 1. The Hall–Kier alpha value is -3.41. The molecule has 1 unspecified atom stereocenters. The number of hydrogen-bond acceptors (Lipinski definition) is 3. The fraction of sp³-hybridized carbons (Fsp3) is 0.227. The number of rotatable bonds is 7. The average Bonchev–Trinajstić information content (AvgIpc) is 2.68. The van der Waals surface area contributed by atoms with Gasteiger partial charge in [0.1, 0.15) is 6.54 Å². The monoisotopic (exact) mass is 378 g/mol. The fourth-order valence-electron chi connectivity index (χ4n) is 3.20. The predicted molar refractivity (Wildman–Crippen MR) is 107 cm³/mol. The van der Waals surface area contributed by atoms with Crippen LogP contribution in [0, 0.1) is 12.8 Å². The number of carbonyl (C=O) groups excluding carboxylic acids is 1. The van der Waals surface area contributed by atoms with Crippen LogP contribution in [0.1, 0.15) is 11.1 Å². The fourth-order valence-corrected chi connectivity index (χ4v) is 3.20. The first-order valence-corrected chi connectivity index (χ1v) is 9.08. The van der Waals surface area contributed by atoms with E-state index in [-0.39, 0.29) is 24.4 Å². The van der Waals surface area contributed by atoms with Crippen molar-refractivity contribution in [3.8, 4) is 0 Å². The Kier molecular flexibility index (Phi) is 5.89. The molecule has 0 spiro atoms. The van der Waals surface area contributed by atoms with E-state index in [1.54, 1.807) is 35.0 Å². The molecule has 0 saturated heterocycles. The van der Waals surface area contributed by atoms with Crippen LogP contribution < -0.4 is 10.7 Å². The molecule has 0 saturated carbocycles. The van der Waals surface area contributed by atoms with Crippen LogP contribution in [-0.2, 0) is 22.6 Å². The van der Waals surface area contributed by atoms with Crippen molar-refractivity contribution in [2.24, 2.45) is 5.92 Å². The molecule has 28 heavy (non-hydrogen) atoms. The zero-order valence-corrected chi connectivity index (χ0v) is 15.6. The molecule has 0 radical (unpaired) electrons. The summed E-state index contributed by atoms with van der Waals surface area (Å²) in [5, 5.41) is 12.8. The maximum atomic E-state index is 12.4. The Labute approximate surface area is 162 Å². The van der Waals surface area contributed by atoms with Crippen molar-refractivity contribution < 1.29 is 14.7 Å². The highest BCUT2D eigenvalue weighted by Crippen LogP contribution is 2.14. The molecule has 2 aromatic carbocycles. The van der Waals surface area contributed by atoms with E-state index in [9.17, 15) is 19.5 Å². The van der Waals surface area contributed by atoms with Gasteiger partial charge in [-0.05, 0) is 36.6 Å². The molecule has 144 valence electrons. The van der Waals surface area contributed by atoms with Gasteiger partial charge in [-0.2, -0.15) is 0 Å². The van der Waals surface area contributed by atoms with Crippen LogP contribution in [-0.4, -0.2) is 28.1 Å². The Balaban J connectivity index is 1.67. The molecule has 0 fully saturated rings. The van der Waals surface area contributed by atoms with Gasteiger partial charge in [0.15, 0.2) is 5.43 Å². The lowest BCUT2D eigenvalue weighted by Crippen LogP contribution is -2.36. The number of fused-ring (bicyclic) bond motifs is 1. The van der Waals surface area contributed by atoms with Crippen LogP contribution in [0.3, 0.4) is 0 Å². The normalized spacial score (nSPS) is 11.9. The molecule has 1 atom stereocenters. The molecular weight excluding hydrogens is 356 g/mol. The SMILES string of the molecule is Cc1ccccc1CC(CNC(=O)Cn1ccc(=O)c2ccccc21)C(=O)O. The van der Waals surface area contributed by atoms with Gasteiger partial charge >= 0.3 is 5.97 Å². The molecule has 1 amide bonds. The van der Waals surface area contributed by atoms with Gasteiger partial charge in [0.25, 0.3) is 0 Å². The average molecular weight is 378 g/mol. The number of para-hydroxylation sites is 1. The third-order valence-electron chi connectivity index (χ3n) is 4.82. The van der Waals surface area contributed by atoms with Gasteiger partial charge in [-0.25, -0.2) is 0 Å². The first-order valence-electron chi connectivity index (χ1n) is 9.08. The van der Waals surface area contributed by atoms with Crippen molar-refractivity contribution >= 4 is 22.8 Å². The number of nitrogens with one attached hydrogen (secondary N) is 1. The van der Waals surface area contributed by atoms with Crippen LogP contribution >= 0.6 is 0 Å². The molecule has 3 aromatic rings. The first-order chi connectivity index (χ1) is 13.5. The maximum Gasteiger partial charge on any atom is 0.308 e. The number of aromatic nitrogens is 1. The van der Waals surface area contributed by atoms with Gasteiger partial charge < -0.3 is 15.0 Å². The van der Waals surface area contributed by atoms with E-state index < -0.39 is 11.9 Å². The molecular formula is C22H22N2O4.